The second-order valence-corrected chi connectivity index (χ2v) is 4.94. The normalized spacial score (nSPS) is 11.8. The zero-order valence-corrected chi connectivity index (χ0v) is 12.5. The van der Waals surface area contributed by atoms with Gasteiger partial charge in [-0.2, -0.15) is 0 Å². The van der Waals surface area contributed by atoms with E-state index in [9.17, 15) is 4.79 Å². The van der Waals surface area contributed by atoms with Gasteiger partial charge in [-0.15, -0.1) is 0 Å². The van der Waals surface area contributed by atoms with Crippen molar-refractivity contribution in [3.05, 3.63) is 52.8 Å². The third-order valence-electron chi connectivity index (χ3n) is 3.12. The van der Waals surface area contributed by atoms with Crippen LogP contribution in [0.25, 0.3) is 0 Å². The number of anilines is 1. The van der Waals surface area contributed by atoms with Gasteiger partial charge in [-0.3, -0.25) is 4.79 Å². The molecule has 1 atom stereocenters. The average Bonchev–Trinajstić information content (AvgIpc) is 2.47. The molecule has 6 heteroatoms. The van der Waals surface area contributed by atoms with Gasteiger partial charge in [-0.1, -0.05) is 23.7 Å². The van der Waals surface area contributed by atoms with E-state index in [0.717, 1.165) is 11.3 Å². The number of benzene rings is 1. The Hall–Kier alpha value is -2.27. The lowest BCUT2D eigenvalue weighted by atomic mass is 10.1. The van der Waals surface area contributed by atoms with Crippen molar-refractivity contribution in [1.29, 1.82) is 0 Å². The molecule has 1 unspecified atom stereocenters. The molecule has 2 rings (SSSR count). The summed E-state index contributed by atoms with van der Waals surface area (Å²) in [6.45, 7) is 1.97. The van der Waals surface area contributed by atoms with Crippen LogP contribution < -0.4 is 15.8 Å². The largest absolute Gasteiger partial charge is 0.497 e. The van der Waals surface area contributed by atoms with Crippen LogP contribution in [-0.4, -0.2) is 18.0 Å². The molecule has 0 saturated heterocycles. The Kier molecular flexibility index (Phi) is 4.65. The first-order valence-electron chi connectivity index (χ1n) is 6.37. The standard InChI is InChI=1S/C15H16ClN3O2/c1-9(10-3-5-11(21-2)6-4-10)19-13-7-14(16)18-8-12(13)15(17)20/h3-9H,1-2H3,(H2,17,20)(H,18,19). The van der Waals surface area contributed by atoms with E-state index >= 15 is 0 Å². The summed E-state index contributed by atoms with van der Waals surface area (Å²) in [6.07, 6.45) is 1.37. The lowest BCUT2D eigenvalue weighted by Crippen LogP contribution is -2.16. The van der Waals surface area contributed by atoms with E-state index in [-0.39, 0.29) is 6.04 Å². The van der Waals surface area contributed by atoms with Gasteiger partial charge < -0.3 is 15.8 Å². The number of rotatable bonds is 5. The Morgan fingerprint density at radius 2 is 2.05 bits per heavy atom. The zero-order valence-electron chi connectivity index (χ0n) is 11.8. The van der Waals surface area contributed by atoms with Crippen molar-refractivity contribution in [3.63, 3.8) is 0 Å². The fourth-order valence-electron chi connectivity index (χ4n) is 1.95. The Morgan fingerprint density at radius 1 is 1.38 bits per heavy atom. The first kappa shape index (κ1) is 15.1. The Morgan fingerprint density at radius 3 is 2.62 bits per heavy atom. The quantitative estimate of drug-likeness (QED) is 0.832. The molecule has 0 aliphatic heterocycles. The summed E-state index contributed by atoms with van der Waals surface area (Å²) >= 11 is 5.87. The summed E-state index contributed by atoms with van der Waals surface area (Å²) in [5, 5.41) is 3.52. The van der Waals surface area contributed by atoms with Crippen LogP contribution >= 0.6 is 11.6 Å². The topological polar surface area (TPSA) is 77.2 Å². The summed E-state index contributed by atoms with van der Waals surface area (Å²) in [5.41, 5.74) is 7.25. The van der Waals surface area contributed by atoms with Crippen LogP contribution in [0.1, 0.15) is 28.9 Å². The molecule has 3 N–H and O–H groups in total. The number of nitrogens with one attached hydrogen (secondary N) is 1. The van der Waals surface area contributed by atoms with Crippen LogP contribution in [0.5, 0.6) is 5.75 Å². The SMILES string of the molecule is COc1ccc(C(C)Nc2cc(Cl)ncc2C(N)=O)cc1. The van der Waals surface area contributed by atoms with Gasteiger partial charge in [0.05, 0.1) is 18.4 Å². The molecule has 110 valence electrons. The van der Waals surface area contributed by atoms with Gasteiger partial charge in [-0.05, 0) is 30.7 Å². The molecule has 21 heavy (non-hydrogen) atoms. The van der Waals surface area contributed by atoms with Gasteiger partial charge in [0.1, 0.15) is 10.9 Å². The number of halogens is 1. The van der Waals surface area contributed by atoms with Gasteiger partial charge in [0, 0.05) is 12.2 Å². The van der Waals surface area contributed by atoms with Crippen LogP contribution in [0.15, 0.2) is 36.5 Å². The van der Waals surface area contributed by atoms with Crippen LogP contribution in [0, 0.1) is 0 Å². The van der Waals surface area contributed by atoms with Crippen molar-refractivity contribution >= 4 is 23.2 Å². The zero-order chi connectivity index (χ0) is 15.4. The number of carbonyl (C=O) groups is 1. The molecule has 2 aromatic rings. The van der Waals surface area contributed by atoms with E-state index in [1.807, 2.05) is 31.2 Å². The highest BCUT2D eigenvalue weighted by atomic mass is 35.5. The number of aromatic nitrogens is 1. The number of pyridine rings is 1. The van der Waals surface area contributed by atoms with Crippen molar-refractivity contribution in [3.8, 4) is 5.75 Å². The summed E-state index contributed by atoms with van der Waals surface area (Å²) < 4.78 is 5.13. The van der Waals surface area contributed by atoms with Gasteiger partial charge in [0.15, 0.2) is 0 Å². The molecular weight excluding hydrogens is 290 g/mol. The molecule has 0 fully saturated rings. The Balaban J connectivity index is 2.24. The predicted octanol–water partition coefficient (Wildman–Crippen LogP) is 3.02. The first-order valence-corrected chi connectivity index (χ1v) is 6.75. The van der Waals surface area contributed by atoms with Gasteiger partial charge in [-0.25, -0.2) is 4.98 Å². The molecule has 0 saturated carbocycles. The van der Waals surface area contributed by atoms with Crippen molar-refractivity contribution in [1.82, 2.24) is 4.98 Å². The number of nitrogens with zero attached hydrogens (tertiary/aromatic N) is 1. The van der Waals surface area contributed by atoms with Crippen LogP contribution in [0.4, 0.5) is 5.69 Å². The summed E-state index contributed by atoms with van der Waals surface area (Å²) in [5.74, 6) is 0.235. The Bertz CT molecular complexity index is 644. The highest BCUT2D eigenvalue weighted by Gasteiger charge is 2.13. The molecule has 1 heterocycles. The van der Waals surface area contributed by atoms with Crippen molar-refractivity contribution in [2.24, 2.45) is 5.73 Å². The highest BCUT2D eigenvalue weighted by Crippen LogP contribution is 2.25. The lowest BCUT2D eigenvalue weighted by molar-refractivity contribution is 0.100. The Labute approximate surface area is 128 Å². The molecule has 0 bridgehead atoms. The highest BCUT2D eigenvalue weighted by molar-refractivity contribution is 6.29. The van der Waals surface area contributed by atoms with Gasteiger partial charge in [0.25, 0.3) is 5.91 Å². The molecule has 5 nitrogen and oxygen atoms in total. The van der Waals surface area contributed by atoms with E-state index in [1.54, 1.807) is 13.2 Å². The second kappa shape index (κ2) is 6.45. The number of amides is 1. The van der Waals surface area contributed by atoms with Gasteiger partial charge >= 0.3 is 0 Å². The minimum Gasteiger partial charge on any atom is -0.497 e. The summed E-state index contributed by atoms with van der Waals surface area (Å²) in [6, 6.07) is 9.20. The van der Waals surface area contributed by atoms with E-state index in [2.05, 4.69) is 10.3 Å². The van der Waals surface area contributed by atoms with E-state index in [4.69, 9.17) is 22.1 Å². The minimum absolute atomic E-state index is 0.0347. The lowest BCUT2D eigenvalue weighted by Gasteiger charge is -2.18. The maximum atomic E-state index is 11.4. The monoisotopic (exact) mass is 305 g/mol. The number of ether oxygens (including phenoxy) is 1. The fraction of sp³-hybridized carbons (Fsp3) is 0.200. The van der Waals surface area contributed by atoms with Crippen LogP contribution in [0.2, 0.25) is 5.15 Å². The third-order valence-corrected chi connectivity index (χ3v) is 3.33. The first-order chi connectivity index (χ1) is 10.0. The maximum Gasteiger partial charge on any atom is 0.252 e. The molecule has 0 radical (unpaired) electrons. The molecular formula is C15H16ClN3O2. The smallest absolute Gasteiger partial charge is 0.252 e. The third kappa shape index (κ3) is 3.64. The van der Waals surface area contributed by atoms with Gasteiger partial charge in [0.2, 0.25) is 0 Å². The molecule has 1 aromatic heterocycles. The second-order valence-electron chi connectivity index (χ2n) is 4.56. The molecule has 1 amide bonds. The number of hydrogen-bond donors (Lipinski definition) is 2. The molecule has 0 spiro atoms. The van der Waals surface area contributed by atoms with Crippen LogP contribution in [0.3, 0.4) is 0 Å². The van der Waals surface area contributed by atoms with Crippen molar-refractivity contribution < 1.29 is 9.53 Å². The molecule has 1 aromatic carbocycles. The van der Waals surface area contributed by atoms with Crippen LogP contribution in [-0.2, 0) is 0 Å². The summed E-state index contributed by atoms with van der Waals surface area (Å²) in [7, 11) is 1.62. The number of methoxy groups -OCH3 is 1. The van der Waals surface area contributed by atoms with E-state index < -0.39 is 5.91 Å². The fourth-order valence-corrected chi connectivity index (χ4v) is 2.11. The summed E-state index contributed by atoms with van der Waals surface area (Å²) in [4.78, 5) is 15.3. The predicted molar refractivity (Wildman–Crippen MR) is 82.8 cm³/mol. The maximum absolute atomic E-state index is 11.4. The molecule has 0 aliphatic rings. The number of primary amides is 1. The molecule has 0 aliphatic carbocycles. The van der Waals surface area contributed by atoms with Crippen molar-refractivity contribution in [2.45, 2.75) is 13.0 Å². The van der Waals surface area contributed by atoms with E-state index in [1.165, 1.54) is 6.20 Å². The van der Waals surface area contributed by atoms with E-state index in [0.29, 0.717) is 16.4 Å². The minimum atomic E-state index is -0.552. The number of nitrogens with two attached hydrogens (primary N) is 1. The average molecular weight is 306 g/mol. The number of carbonyl (C=O) groups excluding carboxylic acids is 1. The number of hydrogen-bond acceptors (Lipinski definition) is 4. The van der Waals surface area contributed by atoms with Crippen molar-refractivity contribution in [2.75, 3.05) is 12.4 Å².